The summed E-state index contributed by atoms with van der Waals surface area (Å²) >= 11 is 0. The molecule has 0 radical (unpaired) electrons. The zero-order chi connectivity index (χ0) is 16.8. The van der Waals surface area contributed by atoms with Gasteiger partial charge in [0.15, 0.2) is 0 Å². The van der Waals surface area contributed by atoms with Crippen molar-refractivity contribution in [3.8, 4) is 5.75 Å². The molecule has 4 heteroatoms. The summed E-state index contributed by atoms with van der Waals surface area (Å²) in [5.74, 6) is 0.234. The van der Waals surface area contributed by atoms with Crippen LogP contribution >= 0.6 is 0 Å². The normalized spacial score (nSPS) is 17.2. The minimum absolute atomic E-state index is 0.451. The highest BCUT2D eigenvalue weighted by Gasteiger charge is 2.17. The van der Waals surface area contributed by atoms with Crippen molar-refractivity contribution in [2.75, 3.05) is 7.11 Å². The van der Waals surface area contributed by atoms with Gasteiger partial charge in [-0.05, 0) is 60.7 Å². The Labute approximate surface area is 141 Å². The van der Waals surface area contributed by atoms with Gasteiger partial charge < -0.3 is 9.57 Å². The SMILES string of the molecule is COc1ccc(C(=O)O/N=C2/CCC/C2=C/c2ccccc2)cc1. The van der Waals surface area contributed by atoms with E-state index in [2.05, 4.69) is 11.2 Å². The first-order valence-electron chi connectivity index (χ1n) is 7.94. The van der Waals surface area contributed by atoms with Gasteiger partial charge in [0.05, 0.1) is 18.4 Å². The van der Waals surface area contributed by atoms with Gasteiger partial charge in [-0.2, -0.15) is 0 Å². The first-order chi connectivity index (χ1) is 11.8. The van der Waals surface area contributed by atoms with Crippen LogP contribution in [0.4, 0.5) is 0 Å². The fourth-order valence-electron chi connectivity index (χ4n) is 2.64. The third-order valence-corrected chi connectivity index (χ3v) is 3.94. The van der Waals surface area contributed by atoms with Crippen molar-refractivity contribution in [2.24, 2.45) is 5.16 Å². The second-order valence-corrected chi connectivity index (χ2v) is 5.58. The van der Waals surface area contributed by atoms with E-state index >= 15 is 0 Å². The lowest BCUT2D eigenvalue weighted by Gasteiger charge is -2.03. The summed E-state index contributed by atoms with van der Waals surface area (Å²) in [6.45, 7) is 0. The maximum absolute atomic E-state index is 12.1. The van der Waals surface area contributed by atoms with Crippen LogP contribution in [0.3, 0.4) is 0 Å². The van der Waals surface area contributed by atoms with Crippen molar-refractivity contribution in [2.45, 2.75) is 19.3 Å². The molecule has 24 heavy (non-hydrogen) atoms. The molecule has 1 aliphatic carbocycles. The van der Waals surface area contributed by atoms with E-state index in [4.69, 9.17) is 9.57 Å². The molecule has 2 aromatic rings. The number of benzene rings is 2. The predicted octanol–water partition coefficient (Wildman–Crippen LogP) is 4.48. The Morgan fingerprint density at radius 3 is 2.50 bits per heavy atom. The largest absolute Gasteiger partial charge is 0.497 e. The van der Waals surface area contributed by atoms with Crippen LogP contribution in [-0.2, 0) is 4.84 Å². The molecule has 0 amide bonds. The molecule has 3 rings (SSSR count). The van der Waals surface area contributed by atoms with Gasteiger partial charge in [0.2, 0.25) is 0 Å². The lowest BCUT2D eigenvalue weighted by atomic mass is 10.1. The first-order valence-corrected chi connectivity index (χ1v) is 7.94. The number of rotatable bonds is 4. The second-order valence-electron chi connectivity index (χ2n) is 5.58. The number of nitrogens with zero attached hydrogens (tertiary/aromatic N) is 1. The minimum Gasteiger partial charge on any atom is -0.497 e. The van der Waals surface area contributed by atoms with Crippen molar-refractivity contribution >= 4 is 17.8 Å². The third kappa shape index (κ3) is 3.90. The molecule has 0 aliphatic heterocycles. The van der Waals surface area contributed by atoms with Gasteiger partial charge >= 0.3 is 5.97 Å². The molecule has 0 atom stereocenters. The highest BCUT2D eigenvalue weighted by atomic mass is 16.7. The van der Waals surface area contributed by atoms with E-state index in [9.17, 15) is 4.79 Å². The van der Waals surface area contributed by atoms with E-state index in [-0.39, 0.29) is 0 Å². The molecule has 0 aromatic heterocycles. The molecule has 2 aromatic carbocycles. The maximum atomic E-state index is 12.1. The van der Waals surface area contributed by atoms with Crippen molar-refractivity contribution in [1.82, 2.24) is 0 Å². The number of allylic oxidation sites excluding steroid dienone is 1. The average Bonchev–Trinajstić information content (AvgIpc) is 3.07. The average molecular weight is 321 g/mol. The lowest BCUT2D eigenvalue weighted by Crippen LogP contribution is -2.04. The molecule has 122 valence electrons. The summed E-state index contributed by atoms with van der Waals surface area (Å²) in [5, 5.41) is 4.09. The molecule has 1 fully saturated rings. The van der Waals surface area contributed by atoms with E-state index in [0.29, 0.717) is 11.3 Å². The Morgan fingerprint density at radius 2 is 1.79 bits per heavy atom. The van der Waals surface area contributed by atoms with E-state index in [1.165, 1.54) is 0 Å². The Kier molecular flexibility index (Phi) is 5.06. The van der Waals surface area contributed by atoms with Gasteiger partial charge in [0.1, 0.15) is 5.75 Å². The van der Waals surface area contributed by atoms with Gasteiger partial charge in [0.25, 0.3) is 0 Å². The smallest absolute Gasteiger partial charge is 0.365 e. The van der Waals surface area contributed by atoms with Crippen molar-refractivity contribution in [1.29, 1.82) is 0 Å². The van der Waals surface area contributed by atoms with Crippen LogP contribution in [0.15, 0.2) is 65.3 Å². The molecule has 1 saturated carbocycles. The molecular formula is C20H19NO3. The van der Waals surface area contributed by atoms with Crippen molar-refractivity contribution < 1.29 is 14.4 Å². The summed E-state index contributed by atoms with van der Waals surface area (Å²) in [4.78, 5) is 17.2. The highest BCUT2D eigenvalue weighted by Crippen LogP contribution is 2.24. The fraction of sp³-hybridized carbons (Fsp3) is 0.200. The molecular weight excluding hydrogens is 302 g/mol. The monoisotopic (exact) mass is 321 g/mol. The summed E-state index contributed by atoms with van der Waals surface area (Å²) in [6.07, 6.45) is 4.91. The molecule has 0 bridgehead atoms. The van der Waals surface area contributed by atoms with E-state index < -0.39 is 5.97 Å². The molecule has 4 nitrogen and oxygen atoms in total. The van der Waals surface area contributed by atoms with Gasteiger partial charge in [0, 0.05) is 0 Å². The van der Waals surface area contributed by atoms with E-state index in [1.54, 1.807) is 31.4 Å². The molecule has 1 aliphatic rings. The summed E-state index contributed by atoms with van der Waals surface area (Å²) in [6, 6.07) is 16.9. The number of carbonyl (C=O) groups excluding carboxylic acids is 1. The topological polar surface area (TPSA) is 47.9 Å². The van der Waals surface area contributed by atoms with Crippen LogP contribution in [0.25, 0.3) is 6.08 Å². The third-order valence-electron chi connectivity index (χ3n) is 3.94. The maximum Gasteiger partial charge on any atom is 0.365 e. The van der Waals surface area contributed by atoms with Gasteiger partial charge in [-0.15, -0.1) is 0 Å². The number of ether oxygens (including phenoxy) is 1. The van der Waals surface area contributed by atoms with Gasteiger partial charge in [-0.1, -0.05) is 35.5 Å². The van der Waals surface area contributed by atoms with Gasteiger partial charge in [-0.3, -0.25) is 0 Å². The Balaban J connectivity index is 1.70. The fourth-order valence-corrected chi connectivity index (χ4v) is 2.64. The number of carbonyl (C=O) groups is 1. The first kappa shape index (κ1) is 16.0. The number of methoxy groups -OCH3 is 1. The summed E-state index contributed by atoms with van der Waals surface area (Å²) in [7, 11) is 1.58. The Bertz CT molecular complexity index is 761. The summed E-state index contributed by atoms with van der Waals surface area (Å²) < 4.78 is 5.07. The van der Waals surface area contributed by atoms with Crippen LogP contribution in [0.1, 0.15) is 35.2 Å². The highest BCUT2D eigenvalue weighted by molar-refractivity contribution is 6.05. The van der Waals surface area contributed by atoms with Crippen molar-refractivity contribution in [3.05, 3.63) is 71.3 Å². The van der Waals surface area contributed by atoms with Crippen LogP contribution in [0.2, 0.25) is 0 Å². The molecule has 0 saturated heterocycles. The number of hydrogen-bond donors (Lipinski definition) is 0. The van der Waals surface area contributed by atoms with Crippen LogP contribution in [-0.4, -0.2) is 18.8 Å². The number of hydrogen-bond acceptors (Lipinski definition) is 4. The standard InChI is InChI=1S/C20H19NO3/c1-23-18-12-10-16(11-13-18)20(22)24-21-19-9-5-8-17(19)14-15-6-3-2-4-7-15/h2-4,6-7,10-14H,5,8-9H2,1H3/b17-14-,21-19-. The van der Waals surface area contributed by atoms with Crippen LogP contribution < -0.4 is 4.74 Å². The van der Waals surface area contributed by atoms with Crippen molar-refractivity contribution in [3.63, 3.8) is 0 Å². The Hall–Kier alpha value is -2.88. The second kappa shape index (κ2) is 7.59. The zero-order valence-corrected chi connectivity index (χ0v) is 13.6. The van der Waals surface area contributed by atoms with E-state index in [1.807, 2.05) is 30.3 Å². The molecule has 0 heterocycles. The minimum atomic E-state index is -0.462. The van der Waals surface area contributed by atoms with Gasteiger partial charge in [-0.25, -0.2) is 4.79 Å². The van der Waals surface area contributed by atoms with E-state index in [0.717, 1.165) is 36.1 Å². The quantitative estimate of drug-likeness (QED) is 0.616. The molecule has 0 N–H and O–H groups in total. The molecule has 0 unspecified atom stereocenters. The lowest BCUT2D eigenvalue weighted by molar-refractivity contribution is 0.0516. The van der Waals surface area contributed by atoms with Crippen LogP contribution in [0.5, 0.6) is 5.75 Å². The number of oxime groups is 1. The Morgan fingerprint density at radius 1 is 1.04 bits per heavy atom. The zero-order valence-electron chi connectivity index (χ0n) is 13.6. The molecule has 0 spiro atoms. The summed E-state index contributed by atoms with van der Waals surface area (Å²) in [5.41, 5.74) is 3.56. The predicted molar refractivity (Wildman–Crippen MR) is 94.1 cm³/mol. The van der Waals surface area contributed by atoms with Crippen LogP contribution in [0, 0.1) is 0 Å².